The second-order valence-corrected chi connectivity index (χ2v) is 6.80. The van der Waals surface area contributed by atoms with Gasteiger partial charge in [0.1, 0.15) is 5.82 Å². The number of anilines is 3. The van der Waals surface area contributed by atoms with Crippen LogP contribution in [-0.2, 0) is 0 Å². The molecule has 0 aliphatic heterocycles. The van der Waals surface area contributed by atoms with Crippen LogP contribution in [0.3, 0.4) is 0 Å². The number of halogens is 2. The third-order valence-electron chi connectivity index (χ3n) is 3.92. The first kappa shape index (κ1) is 16.3. The molecule has 3 rings (SSSR count). The van der Waals surface area contributed by atoms with Gasteiger partial charge in [0.2, 0.25) is 5.95 Å². The normalized spacial score (nSPS) is 15.3. The molecule has 1 saturated carbocycles. The highest BCUT2D eigenvalue weighted by Gasteiger charge is 2.26. The predicted octanol–water partition coefficient (Wildman–Crippen LogP) is 5.61. The Balaban J connectivity index is 1.86. The topological polar surface area (TPSA) is 49.8 Å². The molecule has 1 heterocycles. The Morgan fingerprint density at radius 3 is 2.61 bits per heavy atom. The molecule has 1 aliphatic rings. The average Bonchev–Trinajstić information content (AvgIpc) is 3.35. The lowest BCUT2D eigenvalue weighted by atomic mass is 10.2. The number of aromatic nitrogens is 2. The lowest BCUT2D eigenvalue weighted by Gasteiger charge is -2.14. The number of hydrogen-bond acceptors (Lipinski definition) is 4. The molecular weight excluding hydrogens is 331 g/mol. The number of nitrogens with zero attached hydrogens (tertiary/aromatic N) is 2. The van der Waals surface area contributed by atoms with Gasteiger partial charge >= 0.3 is 0 Å². The molecule has 0 amide bonds. The van der Waals surface area contributed by atoms with Crippen LogP contribution in [0.15, 0.2) is 24.3 Å². The molecule has 1 atom stereocenters. The fourth-order valence-corrected chi connectivity index (χ4v) is 2.53. The Kier molecular flexibility index (Phi) is 4.93. The maximum absolute atomic E-state index is 6.07. The zero-order chi connectivity index (χ0) is 16.4. The summed E-state index contributed by atoms with van der Waals surface area (Å²) in [6, 6.07) is 7.80. The molecule has 1 fully saturated rings. The van der Waals surface area contributed by atoms with Crippen molar-refractivity contribution in [3.05, 3.63) is 40.0 Å². The summed E-state index contributed by atoms with van der Waals surface area (Å²) in [4.78, 5) is 9.22. The summed E-state index contributed by atoms with van der Waals surface area (Å²) in [7, 11) is 0. The molecule has 0 spiro atoms. The molecule has 4 nitrogen and oxygen atoms in total. The van der Waals surface area contributed by atoms with Gasteiger partial charge in [-0.05, 0) is 44.4 Å². The van der Waals surface area contributed by atoms with Crippen molar-refractivity contribution in [2.45, 2.75) is 45.1 Å². The van der Waals surface area contributed by atoms with E-state index in [1.165, 1.54) is 12.8 Å². The van der Waals surface area contributed by atoms with Crippen molar-refractivity contribution >= 4 is 40.7 Å². The molecule has 2 aromatic rings. The van der Waals surface area contributed by atoms with E-state index in [-0.39, 0.29) is 0 Å². The Bertz CT molecular complexity index is 701. The lowest BCUT2D eigenvalue weighted by molar-refractivity contribution is 0.750. The minimum atomic E-state index is 0.335. The van der Waals surface area contributed by atoms with Crippen molar-refractivity contribution in [2.75, 3.05) is 10.6 Å². The highest BCUT2D eigenvalue weighted by atomic mass is 35.5. The van der Waals surface area contributed by atoms with E-state index >= 15 is 0 Å². The smallest absolute Gasteiger partial charge is 0.225 e. The third-order valence-corrected chi connectivity index (χ3v) is 4.66. The molecule has 23 heavy (non-hydrogen) atoms. The minimum Gasteiger partial charge on any atom is -0.352 e. The Hall–Kier alpha value is -1.52. The molecule has 6 heteroatoms. The van der Waals surface area contributed by atoms with E-state index in [1.807, 2.05) is 12.1 Å². The summed E-state index contributed by atoms with van der Waals surface area (Å²) in [5.41, 5.74) is 1.95. The zero-order valence-corrected chi connectivity index (χ0v) is 14.7. The van der Waals surface area contributed by atoms with Crippen molar-refractivity contribution in [3.8, 4) is 0 Å². The summed E-state index contributed by atoms with van der Waals surface area (Å²) < 4.78 is 0. The van der Waals surface area contributed by atoms with E-state index in [9.17, 15) is 0 Å². The monoisotopic (exact) mass is 350 g/mol. The first-order valence-corrected chi connectivity index (χ1v) is 8.68. The van der Waals surface area contributed by atoms with Gasteiger partial charge in [-0.2, -0.15) is 4.98 Å². The zero-order valence-electron chi connectivity index (χ0n) is 13.2. The van der Waals surface area contributed by atoms with E-state index in [2.05, 4.69) is 34.4 Å². The van der Waals surface area contributed by atoms with Crippen molar-refractivity contribution in [1.82, 2.24) is 9.97 Å². The first-order valence-electron chi connectivity index (χ1n) is 7.92. The van der Waals surface area contributed by atoms with Crippen LogP contribution >= 0.6 is 23.2 Å². The SMILES string of the molecule is CC[C@@H](C)Nc1nc(Nc2ccc(Cl)c(Cl)c2)cc(C2CC2)n1. The number of rotatable bonds is 6. The van der Waals surface area contributed by atoms with Crippen LogP contribution in [0.5, 0.6) is 0 Å². The fraction of sp³-hybridized carbons (Fsp3) is 0.412. The van der Waals surface area contributed by atoms with Gasteiger partial charge in [0.05, 0.1) is 15.7 Å². The van der Waals surface area contributed by atoms with Gasteiger partial charge < -0.3 is 10.6 Å². The predicted molar refractivity (Wildman–Crippen MR) is 97.1 cm³/mol. The quantitative estimate of drug-likeness (QED) is 0.710. The first-order chi connectivity index (χ1) is 11.0. The van der Waals surface area contributed by atoms with Crippen LogP contribution in [0.25, 0.3) is 0 Å². The van der Waals surface area contributed by atoms with Gasteiger partial charge in [-0.25, -0.2) is 4.98 Å². The highest BCUT2D eigenvalue weighted by Crippen LogP contribution is 2.40. The van der Waals surface area contributed by atoms with Gasteiger partial charge in [-0.1, -0.05) is 30.1 Å². The van der Waals surface area contributed by atoms with E-state index in [4.69, 9.17) is 23.2 Å². The largest absolute Gasteiger partial charge is 0.352 e. The summed E-state index contributed by atoms with van der Waals surface area (Å²) in [6.07, 6.45) is 3.42. The molecule has 1 aromatic heterocycles. The van der Waals surface area contributed by atoms with Crippen molar-refractivity contribution in [3.63, 3.8) is 0 Å². The maximum Gasteiger partial charge on any atom is 0.225 e. The van der Waals surface area contributed by atoms with Crippen LogP contribution in [0.1, 0.15) is 44.7 Å². The average molecular weight is 351 g/mol. The molecule has 1 aliphatic carbocycles. The van der Waals surface area contributed by atoms with E-state index in [1.54, 1.807) is 12.1 Å². The van der Waals surface area contributed by atoms with Crippen LogP contribution in [0.2, 0.25) is 10.0 Å². The van der Waals surface area contributed by atoms with Gasteiger partial charge in [0, 0.05) is 23.7 Å². The summed E-state index contributed by atoms with van der Waals surface area (Å²) in [5, 5.41) is 7.70. The molecule has 1 aromatic carbocycles. The second kappa shape index (κ2) is 6.93. The molecule has 0 bridgehead atoms. The molecule has 0 saturated heterocycles. The Labute approximate surface area is 146 Å². The van der Waals surface area contributed by atoms with Crippen LogP contribution < -0.4 is 10.6 Å². The van der Waals surface area contributed by atoms with Gasteiger partial charge in [0.15, 0.2) is 0 Å². The number of hydrogen-bond donors (Lipinski definition) is 2. The number of nitrogens with one attached hydrogen (secondary N) is 2. The van der Waals surface area contributed by atoms with Gasteiger partial charge in [0.25, 0.3) is 0 Å². The molecule has 0 radical (unpaired) electrons. The standard InChI is InChI=1S/C17H20Cl2N4/c1-3-10(2)20-17-22-15(11-4-5-11)9-16(23-17)21-12-6-7-13(18)14(19)8-12/h6-11H,3-5H2,1-2H3,(H2,20,21,22,23)/t10-/m1/s1. The summed E-state index contributed by atoms with van der Waals surface area (Å²) in [6.45, 7) is 4.26. The molecule has 2 N–H and O–H groups in total. The van der Waals surface area contributed by atoms with Gasteiger partial charge in [-0.15, -0.1) is 0 Å². The Morgan fingerprint density at radius 2 is 1.96 bits per heavy atom. The van der Waals surface area contributed by atoms with E-state index in [0.29, 0.717) is 28.0 Å². The van der Waals surface area contributed by atoms with Gasteiger partial charge in [-0.3, -0.25) is 0 Å². The molecular formula is C17H20Cl2N4. The van der Waals surface area contributed by atoms with Crippen molar-refractivity contribution in [1.29, 1.82) is 0 Å². The molecule has 0 unspecified atom stereocenters. The van der Waals surface area contributed by atoms with Crippen LogP contribution in [0.4, 0.5) is 17.5 Å². The fourth-order valence-electron chi connectivity index (χ4n) is 2.23. The van der Waals surface area contributed by atoms with Crippen molar-refractivity contribution < 1.29 is 0 Å². The lowest BCUT2D eigenvalue weighted by Crippen LogP contribution is -2.16. The van der Waals surface area contributed by atoms with E-state index in [0.717, 1.165) is 23.6 Å². The van der Waals surface area contributed by atoms with E-state index < -0.39 is 0 Å². The highest BCUT2D eigenvalue weighted by molar-refractivity contribution is 6.42. The second-order valence-electron chi connectivity index (χ2n) is 5.98. The summed E-state index contributed by atoms with van der Waals surface area (Å²) >= 11 is 12.0. The number of benzene rings is 1. The van der Waals surface area contributed by atoms with Crippen LogP contribution in [-0.4, -0.2) is 16.0 Å². The van der Waals surface area contributed by atoms with Crippen LogP contribution in [0, 0.1) is 0 Å². The van der Waals surface area contributed by atoms with Crippen molar-refractivity contribution in [2.24, 2.45) is 0 Å². The third kappa shape index (κ3) is 4.27. The molecule has 122 valence electrons. The minimum absolute atomic E-state index is 0.335. The Morgan fingerprint density at radius 1 is 1.17 bits per heavy atom. The maximum atomic E-state index is 6.07. The summed E-state index contributed by atoms with van der Waals surface area (Å²) in [5.74, 6) is 2.00.